The zero-order valence-corrected chi connectivity index (χ0v) is 9.67. The Hall–Kier alpha value is -1.72. The highest BCUT2D eigenvalue weighted by molar-refractivity contribution is 5.95. The van der Waals surface area contributed by atoms with E-state index in [1.54, 1.807) is 0 Å². The lowest BCUT2D eigenvalue weighted by Gasteiger charge is -2.13. The third kappa shape index (κ3) is 3.38. The summed E-state index contributed by atoms with van der Waals surface area (Å²) in [4.78, 5) is 11.8. The average Bonchev–Trinajstić information content (AvgIpc) is 2.94. The molecule has 0 aliphatic heterocycles. The number of hydrogen-bond donors (Lipinski definition) is 1. The van der Waals surface area contributed by atoms with Gasteiger partial charge in [0.1, 0.15) is 5.75 Å². The molecular formula is C12H12F3NO2. The summed E-state index contributed by atoms with van der Waals surface area (Å²) in [6.07, 6.45) is -2.98. The first-order valence-electron chi connectivity index (χ1n) is 5.46. The molecule has 0 saturated heterocycles. The first-order chi connectivity index (χ1) is 8.27. The highest BCUT2D eigenvalue weighted by atomic mass is 19.4. The Morgan fingerprint density at radius 2 is 2.06 bits per heavy atom. The Morgan fingerprint density at radius 1 is 1.39 bits per heavy atom. The molecule has 0 heterocycles. The van der Waals surface area contributed by atoms with E-state index in [0.717, 1.165) is 25.0 Å². The minimum absolute atomic E-state index is 0.157. The molecule has 0 bridgehead atoms. The zero-order chi connectivity index (χ0) is 13.4. The van der Waals surface area contributed by atoms with Crippen LogP contribution in [0.2, 0.25) is 0 Å². The van der Waals surface area contributed by atoms with E-state index in [2.05, 4.69) is 10.1 Å². The van der Waals surface area contributed by atoms with E-state index in [1.807, 2.05) is 6.92 Å². The molecule has 6 heteroatoms. The number of ether oxygens (including phenoxy) is 1. The van der Waals surface area contributed by atoms with Crippen LogP contribution < -0.4 is 10.1 Å². The van der Waals surface area contributed by atoms with Crippen molar-refractivity contribution in [1.29, 1.82) is 0 Å². The maximum Gasteiger partial charge on any atom is 0.573 e. The van der Waals surface area contributed by atoms with Crippen molar-refractivity contribution >= 4 is 5.91 Å². The number of alkyl halides is 3. The molecule has 0 unspecified atom stereocenters. The number of carbonyl (C=O) groups excluding carboxylic acids is 1. The predicted molar refractivity (Wildman–Crippen MR) is 58.2 cm³/mol. The van der Waals surface area contributed by atoms with Crippen LogP contribution in [0, 0.1) is 0 Å². The first kappa shape index (κ1) is 12.7. The van der Waals surface area contributed by atoms with Crippen molar-refractivity contribution in [2.75, 3.05) is 0 Å². The maximum absolute atomic E-state index is 12.0. The number of halogens is 3. The highest BCUT2D eigenvalue weighted by Gasteiger charge is 2.39. The summed E-state index contributed by atoms with van der Waals surface area (Å²) in [5.41, 5.74) is -0.0531. The number of benzene rings is 1. The molecule has 18 heavy (non-hydrogen) atoms. The van der Waals surface area contributed by atoms with Crippen molar-refractivity contribution in [2.45, 2.75) is 31.7 Å². The molecule has 1 fully saturated rings. The van der Waals surface area contributed by atoms with E-state index in [9.17, 15) is 18.0 Å². The van der Waals surface area contributed by atoms with Gasteiger partial charge in [-0.05, 0) is 38.0 Å². The number of amides is 1. The molecule has 0 radical (unpaired) electrons. The molecule has 2 rings (SSSR count). The van der Waals surface area contributed by atoms with Gasteiger partial charge in [-0.15, -0.1) is 13.2 Å². The van der Waals surface area contributed by atoms with Gasteiger partial charge in [0, 0.05) is 11.1 Å². The summed E-state index contributed by atoms with van der Waals surface area (Å²) in [5.74, 6) is -0.779. The Bertz CT molecular complexity index is 467. The summed E-state index contributed by atoms with van der Waals surface area (Å²) in [5, 5.41) is 2.76. The molecule has 1 aromatic carbocycles. The smallest absolute Gasteiger partial charge is 0.406 e. The molecule has 0 atom stereocenters. The third-order valence-corrected chi connectivity index (χ3v) is 2.75. The van der Waals surface area contributed by atoms with Crippen LogP contribution in [0.5, 0.6) is 5.75 Å². The summed E-state index contributed by atoms with van der Waals surface area (Å²) in [6.45, 7) is 1.89. The summed E-state index contributed by atoms with van der Waals surface area (Å²) in [7, 11) is 0. The molecule has 1 amide bonds. The summed E-state index contributed by atoms with van der Waals surface area (Å²) < 4.78 is 39.9. The van der Waals surface area contributed by atoms with Gasteiger partial charge in [0.2, 0.25) is 0 Å². The van der Waals surface area contributed by atoms with Gasteiger partial charge < -0.3 is 10.1 Å². The molecule has 98 valence electrons. The lowest BCUT2D eigenvalue weighted by molar-refractivity contribution is -0.274. The number of nitrogens with one attached hydrogen (secondary N) is 1. The molecule has 1 N–H and O–H groups in total. The maximum atomic E-state index is 12.0. The molecule has 1 aliphatic carbocycles. The largest absolute Gasteiger partial charge is 0.573 e. The molecule has 0 spiro atoms. The predicted octanol–water partition coefficient (Wildman–Crippen LogP) is 2.87. The second-order valence-electron chi connectivity index (χ2n) is 4.59. The van der Waals surface area contributed by atoms with Gasteiger partial charge in [-0.2, -0.15) is 0 Å². The summed E-state index contributed by atoms with van der Waals surface area (Å²) >= 11 is 0. The zero-order valence-electron chi connectivity index (χ0n) is 9.67. The van der Waals surface area contributed by atoms with Crippen molar-refractivity contribution in [3.63, 3.8) is 0 Å². The van der Waals surface area contributed by atoms with E-state index in [-0.39, 0.29) is 17.0 Å². The SMILES string of the molecule is CC1(NC(=O)c2cccc(OC(F)(F)F)c2)CC1. The molecule has 1 aromatic rings. The van der Waals surface area contributed by atoms with Crippen LogP contribution in [0.15, 0.2) is 24.3 Å². The Morgan fingerprint density at radius 3 is 2.61 bits per heavy atom. The van der Waals surface area contributed by atoms with Gasteiger partial charge in [0.15, 0.2) is 0 Å². The Balaban J connectivity index is 2.09. The van der Waals surface area contributed by atoms with Crippen molar-refractivity contribution in [3.8, 4) is 5.75 Å². The lowest BCUT2D eigenvalue weighted by atomic mass is 10.2. The Labute approximate surface area is 102 Å². The molecular weight excluding hydrogens is 247 g/mol. The van der Waals surface area contributed by atoms with Crippen LogP contribution in [0.3, 0.4) is 0 Å². The number of hydrogen-bond acceptors (Lipinski definition) is 2. The molecule has 3 nitrogen and oxygen atoms in total. The standard InChI is InChI=1S/C12H12F3NO2/c1-11(5-6-11)16-10(17)8-3-2-4-9(7-8)18-12(13,14)15/h2-4,7H,5-6H2,1H3,(H,16,17). The van der Waals surface area contributed by atoms with Crippen LogP contribution in [0.4, 0.5) is 13.2 Å². The van der Waals surface area contributed by atoms with E-state index in [4.69, 9.17) is 0 Å². The quantitative estimate of drug-likeness (QED) is 0.906. The molecule has 1 aliphatic rings. The fraction of sp³-hybridized carbons (Fsp3) is 0.417. The van der Waals surface area contributed by atoms with Crippen LogP contribution in [-0.2, 0) is 0 Å². The van der Waals surface area contributed by atoms with Gasteiger partial charge in [-0.1, -0.05) is 6.07 Å². The monoisotopic (exact) mass is 259 g/mol. The van der Waals surface area contributed by atoms with Crippen LogP contribution in [0.25, 0.3) is 0 Å². The topological polar surface area (TPSA) is 38.3 Å². The van der Waals surface area contributed by atoms with Gasteiger partial charge in [-0.25, -0.2) is 0 Å². The Kier molecular flexibility index (Phi) is 2.96. The fourth-order valence-corrected chi connectivity index (χ4v) is 1.49. The second kappa shape index (κ2) is 4.19. The van der Waals surface area contributed by atoms with Crippen molar-refractivity contribution in [1.82, 2.24) is 5.32 Å². The second-order valence-corrected chi connectivity index (χ2v) is 4.59. The van der Waals surface area contributed by atoms with Gasteiger partial charge >= 0.3 is 6.36 Å². The van der Waals surface area contributed by atoms with E-state index in [0.29, 0.717) is 0 Å². The highest BCUT2D eigenvalue weighted by Crippen LogP contribution is 2.34. The van der Waals surface area contributed by atoms with Crippen LogP contribution >= 0.6 is 0 Å². The third-order valence-electron chi connectivity index (χ3n) is 2.75. The molecule has 0 aromatic heterocycles. The minimum atomic E-state index is -4.75. The van der Waals surface area contributed by atoms with Gasteiger partial charge in [0.25, 0.3) is 5.91 Å². The first-order valence-corrected chi connectivity index (χ1v) is 5.46. The van der Waals surface area contributed by atoms with E-state index < -0.39 is 12.1 Å². The fourth-order valence-electron chi connectivity index (χ4n) is 1.49. The number of rotatable bonds is 3. The number of carbonyl (C=O) groups is 1. The lowest BCUT2D eigenvalue weighted by Crippen LogP contribution is -2.34. The van der Waals surface area contributed by atoms with Crippen molar-refractivity contribution in [3.05, 3.63) is 29.8 Å². The van der Waals surface area contributed by atoms with Crippen molar-refractivity contribution < 1.29 is 22.7 Å². The summed E-state index contributed by atoms with van der Waals surface area (Å²) in [6, 6.07) is 5.03. The van der Waals surface area contributed by atoms with Crippen LogP contribution in [0.1, 0.15) is 30.1 Å². The van der Waals surface area contributed by atoms with E-state index in [1.165, 1.54) is 12.1 Å². The van der Waals surface area contributed by atoms with Crippen molar-refractivity contribution in [2.24, 2.45) is 0 Å². The molecule has 1 saturated carbocycles. The minimum Gasteiger partial charge on any atom is -0.406 e. The van der Waals surface area contributed by atoms with Crippen LogP contribution in [-0.4, -0.2) is 17.8 Å². The van der Waals surface area contributed by atoms with Gasteiger partial charge in [0.05, 0.1) is 0 Å². The average molecular weight is 259 g/mol. The van der Waals surface area contributed by atoms with Gasteiger partial charge in [-0.3, -0.25) is 4.79 Å². The van der Waals surface area contributed by atoms with E-state index >= 15 is 0 Å². The normalized spacial score (nSPS) is 17.1.